The SMILES string of the molecule is C=CCOC12Oc3ccc(OCCN4CC4)cc3C3C(CCCCO)C(CCCCO)C=C(C(=NOCc4ccccc4)CC1N(Cc1cccc4ccccc14)C(=O)OCC)C32. The average Bonchev–Trinajstić information content (AvgIpc) is 4.14. The maximum atomic E-state index is 14.7. The summed E-state index contributed by atoms with van der Waals surface area (Å²) in [4.78, 5) is 25.1. The van der Waals surface area contributed by atoms with Crippen LogP contribution in [0.3, 0.4) is 0 Å². The minimum atomic E-state index is -1.42. The van der Waals surface area contributed by atoms with Crippen molar-refractivity contribution in [3.05, 3.63) is 132 Å². The molecule has 0 aromatic heterocycles. The van der Waals surface area contributed by atoms with Crippen molar-refractivity contribution in [3.8, 4) is 11.5 Å². The Morgan fingerprint density at radius 3 is 2.52 bits per heavy atom. The number of nitrogens with zero attached hydrogens (tertiary/aromatic N) is 3. The second-order valence-corrected chi connectivity index (χ2v) is 17.2. The number of fused-ring (bicyclic) bond motifs is 3. The number of hydrogen-bond donors (Lipinski definition) is 2. The van der Waals surface area contributed by atoms with Crippen molar-refractivity contribution in [2.75, 3.05) is 52.7 Å². The van der Waals surface area contributed by atoms with Gasteiger partial charge in [0.2, 0.25) is 5.79 Å². The highest BCUT2D eigenvalue weighted by Crippen LogP contribution is 2.62. The van der Waals surface area contributed by atoms with E-state index in [-0.39, 0.29) is 63.8 Å². The Labute approximate surface area is 371 Å². The van der Waals surface area contributed by atoms with Crippen LogP contribution in [0.25, 0.3) is 10.8 Å². The first-order valence-corrected chi connectivity index (χ1v) is 23.0. The van der Waals surface area contributed by atoms with Gasteiger partial charge in [0.05, 0.1) is 31.4 Å². The van der Waals surface area contributed by atoms with Gasteiger partial charge in [-0.15, -0.1) is 6.58 Å². The van der Waals surface area contributed by atoms with Gasteiger partial charge in [0.15, 0.2) is 0 Å². The lowest BCUT2D eigenvalue weighted by Gasteiger charge is -2.59. The number of amides is 1. The van der Waals surface area contributed by atoms with Crippen LogP contribution >= 0.6 is 0 Å². The predicted octanol–water partition coefficient (Wildman–Crippen LogP) is 9.03. The van der Waals surface area contributed by atoms with Crippen molar-refractivity contribution >= 4 is 22.6 Å². The van der Waals surface area contributed by atoms with E-state index >= 15 is 0 Å². The predicted molar refractivity (Wildman–Crippen MR) is 245 cm³/mol. The van der Waals surface area contributed by atoms with Crippen LogP contribution in [0.15, 0.2) is 120 Å². The van der Waals surface area contributed by atoms with E-state index in [4.69, 9.17) is 28.9 Å². The fourth-order valence-corrected chi connectivity index (χ4v) is 10.2. The van der Waals surface area contributed by atoms with Crippen LogP contribution in [0.2, 0.25) is 0 Å². The Bertz CT molecular complexity index is 2220. The van der Waals surface area contributed by atoms with Gasteiger partial charge in [0.25, 0.3) is 0 Å². The average molecular weight is 858 g/mol. The molecule has 6 unspecified atom stereocenters. The standard InChI is InChI=1S/C52H63N3O8/c1-3-30-61-52-48(55(51(58)59-4-2)35-40-20-14-19-38-17-8-9-21-42(38)40)34-46(53-62-36-37-15-6-5-7-16-37)44-32-39(18-10-12-28-56)43(22-11-13-29-57)49(50(44)52)45-33-41(23-24-47(45)63-52)60-31-27-54-25-26-54/h3,5-9,14-17,19-21,23-24,32-33,39,43,48-50,56-57H,1,4,10-13,18,22,25-31,34-36H2,2H3. The van der Waals surface area contributed by atoms with Crippen molar-refractivity contribution < 1.29 is 38.8 Å². The normalized spacial score (nSPS) is 24.1. The number of allylic oxidation sites excluding steroid dienone is 1. The molecular formula is C52H63N3O8. The number of carbonyl (C=O) groups excluding carboxylic acids is 1. The van der Waals surface area contributed by atoms with E-state index in [0.29, 0.717) is 25.2 Å². The molecule has 1 saturated carbocycles. The third-order valence-corrected chi connectivity index (χ3v) is 13.2. The maximum absolute atomic E-state index is 14.7. The molecule has 1 amide bonds. The van der Waals surface area contributed by atoms with Gasteiger partial charge in [-0.3, -0.25) is 9.80 Å². The number of carbonyl (C=O) groups is 1. The van der Waals surface area contributed by atoms with Crippen LogP contribution in [0.4, 0.5) is 4.79 Å². The molecule has 11 heteroatoms. The van der Waals surface area contributed by atoms with E-state index < -0.39 is 23.8 Å². The highest BCUT2D eigenvalue weighted by Gasteiger charge is 2.65. The minimum absolute atomic E-state index is 0.0884. The zero-order valence-corrected chi connectivity index (χ0v) is 36.6. The van der Waals surface area contributed by atoms with Crippen molar-refractivity contribution in [1.82, 2.24) is 9.80 Å². The summed E-state index contributed by atoms with van der Waals surface area (Å²) in [5.41, 5.74) is 4.69. The van der Waals surface area contributed by atoms with Crippen LogP contribution < -0.4 is 9.47 Å². The van der Waals surface area contributed by atoms with Crippen molar-refractivity contribution in [3.63, 3.8) is 0 Å². The van der Waals surface area contributed by atoms with Crippen molar-refractivity contribution in [1.29, 1.82) is 0 Å². The minimum Gasteiger partial charge on any atom is -0.492 e. The molecule has 8 rings (SSSR count). The summed E-state index contributed by atoms with van der Waals surface area (Å²) in [6.45, 7) is 10.6. The number of benzene rings is 4. The number of oxime groups is 1. The number of ether oxygens (including phenoxy) is 4. The molecule has 63 heavy (non-hydrogen) atoms. The zero-order chi connectivity index (χ0) is 43.6. The van der Waals surface area contributed by atoms with E-state index in [0.717, 1.165) is 89.8 Å². The third kappa shape index (κ3) is 9.97. The topological polar surface area (TPSA) is 122 Å². The smallest absolute Gasteiger partial charge is 0.410 e. The van der Waals surface area contributed by atoms with Crippen LogP contribution in [0, 0.1) is 17.8 Å². The van der Waals surface area contributed by atoms with Crippen LogP contribution in [0.5, 0.6) is 11.5 Å². The molecule has 1 saturated heterocycles. The lowest BCUT2D eigenvalue weighted by Crippen LogP contribution is -2.70. The highest BCUT2D eigenvalue weighted by molar-refractivity contribution is 6.03. The summed E-state index contributed by atoms with van der Waals surface area (Å²) in [6.07, 6.45) is 8.64. The number of rotatable bonds is 22. The number of aliphatic hydroxyl groups excluding tert-OH is 2. The maximum Gasteiger partial charge on any atom is 0.410 e. The molecule has 2 N–H and O–H groups in total. The van der Waals surface area contributed by atoms with Gasteiger partial charge in [-0.2, -0.15) is 0 Å². The fraction of sp³-hybridized carbons (Fsp3) is 0.462. The van der Waals surface area contributed by atoms with Crippen LogP contribution in [-0.4, -0.2) is 96.3 Å². The molecule has 0 spiro atoms. The van der Waals surface area contributed by atoms with Gasteiger partial charge in [-0.1, -0.05) is 103 Å². The molecule has 0 bridgehead atoms. The quantitative estimate of drug-likeness (QED) is 0.0345. The first kappa shape index (κ1) is 44.4. The van der Waals surface area contributed by atoms with E-state index in [2.05, 4.69) is 47.9 Å². The monoisotopic (exact) mass is 857 g/mol. The van der Waals surface area contributed by atoms with Crippen molar-refractivity contribution in [2.24, 2.45) is 22.9 Å². The molecule has 334 valence electrons. The van der Waals surface area contributed by atoms with Gasteiger partial charge >= 0.3 is 6.09 Å². The van der Waals surface area contributed by atoms with Crippen LogP contribution in [-0.2, 0) is 27.5 Å². The summed E-state index contributed by atoms with van der Waals surface area (Å²) in [5.74, 6) is -0.386. The van der Waals surface area contributed by atoms with Gasteiger partial charge < -0.3 is 34.0 Å². The van der Waals surface area contributed by atoms with E-state index in [1.54, 1.807) is 11.0 Å². The molecule has 4 aromatic carbocycles. The van der Waals surface area contributed by atoms with Gasteiger partial charge in [0.1, 0.15) is 30.8 Å². The lowest BCUT2D eigenvalue weighted by atomic mass is 9.55. The van der Waals surface area contributed by atoms with E-state index in [9.17, 15) is 15.0 Å². The lowest BCUT2D eigenvalue weighted by molar-refractivity contribution is -0.256. The number of aliphatic hydroxyl groups is 2. The summed E-state index contributed by atoms with van der Waals surface area (Å²) < 4.78 is 27.0. The molecule has 2 aliphatic heterocycles. The summed E-state index contributed by atoms with van der Waals surface area (Å²) in [5, 5.41) is 27.1. The molecule has 4 aromatic rings. The fourth-order valence-electron chi connectivity index (χ4n) is 10.2. The summed E-state index contributed by atoms with van der Waals surface area (Å²) >= 11 is 0. The largest absolute Gasteiger partial charge is 0.492 e. The Kier molecular flexibility index (Phi) is 14.8. The Hall–Kier alpha value is -5.20. The Morgan fingerprint density at radius 1 is 0.968 bits per heavy atom. The summed E-state index contributed by atoms with van der Waals surface area (Å²) in [6, 6.07) is 29.8. The Balaban J connectivity index is 1.32. The van der Waals surface area contributed by atoms with Gasteiger partial charge in [-0.05, 0) is 90.1 Å². The molecule has 2 heterocycles. The van der Waals surface area contributed by atoms with Crippen LogP contribution in [0.1, 0.15) is 74.5 Å². The van der Waals surface area contributed by atoms with Crippen molar-refractivity contribution in [2.45, 2.75) is 82.8 Å². The third-order valence-electron chi connectivity index (χ3n) is 13.2. The summed E-state index contributed by atoms with van der Waals surface area (Å²) in [7, 11) is 0. The number of hydrogen-bond acceptors (Lipinski definition) is 10. The molecular weight excluding hydrogens is 795 g/mol. The molecule has 4 aliphatic rings. The molecule has 6 atom stereocenters. The Morgan fingerprint density at radius 2 is 1.75 bits per heavy atom. The van der Waals surface area contributed by atoms with E-state index in [1.165, 1.54) is 0 Å². The second kappa shape index (κ2) is 21.0. The second-order valence-electron chi connectivity index (χ2n) is 17.2. The first-order valence-electron chi connectivity index (χ1n) is 23.0. The van der Waals surface area contributed by atoms with Gasteiger partial charge in [0, 0.05) is 50.8 Å². The zero-order valence-electron chi connectivity index (χ0n) is 36.6. The molecule has 11 nitrogen and oxygen atoms in total. The highest BCUT2D eigenvalue weighted by atomic mass is 16.7. The van der Waals surface area contributed by atoms with Gasteiger partial charge in [-0.25, -0.2) is 4.79 Å². The number of unbranched alkanes of at least 4 members (excludes halogenated alkanes) is 2. The molecule has 0 radical (unpaired) electrons. The molecule has 2 aliphatic carbocycles. The first-order chi connectivity index (χ1) is 31.0. The molecule has 2 fully saturated rings. The van der Waals surface area contributed by atoms with E-state index in [1.807, 2.05) is 67.6 Å².